The molecule has 1 aliphatic heterocycles. The standard InChI is InChI=1S/C14H23BrN4O/c1-11(2)19-14(20)13(15)12(10-17-19)16-6-9-18-7-4-3-5-8-18/h10-11,16H,3-9H2,1-2H3. The molecule has 1 N–H and O–H groups in total. The molecular formula is C14H23BrN4O. The Bertz CT molecular complexity index is 494. The molecule has 1 aromatic heterocycles. The molecule has 6 heteroatoms. The number of likely N-dealkylation sites (tertiary alicyclic amines) is 1. The predicted molar refractivity (Wildman–Crippen MR) is 85.4 cm³/mol. The van der Waals surface area contributed by atoms with E-state index in [1.807, 2.05) is 13.8 Å². The molecule has 0 unspecified atom stereocenters. The van der Waals surface area contributed by atoms with E-state index in [1.54, 1.807) is 6.20 Å². The maximum absolute atomic E-state index is 12.1. The van der Waals surface area contributed by atoms with Crippen LogP contribution in [0.3, 0.4) is 0 Å². The highest BCUT2D eigenvalue weighted by Gasteiger charge is 2.12. The lowest BCUT2D eigenvalue weighted by Gasteiger charge is -2.26. The second kappa shape index (κ2) is 7.22. The first-order valence-corrected chi connectivity index (χ1v) is 8.12. The SMILES string of the molecule is CC(C)n1ncc(NCCN2CCCCC2)c(Br)c1=O. The molecule has 0 bridgehead atoms. The molecule has 0 aromatic carbocycles. The average molecular weight is 343 g/mol. The Morgan fingerprint density at radius 2 is 2.05 bits per heavy atom. The van der Waals surface area contributed by atoms with Crippen molar-refractivity contribution < 1.29 is 0 Å². The van der Waals surface area contributed by atoms with Gasteiger partial charge >= 0.3 is 0 Å². The minimum atomic E-state index is -0.0806. The topological polar surface area (TPSA) is 50.2 Å². The fourth-order valence-electron chi connectivity index (χ4n) is 2.47. The van der Waals surface area contributed by atoms with Crippen molar-refractivity contribution in [2.75, 3.05) is 31.5 Å². The van der Waals surface area contributed by atoms with Crippen molar-refractivity contribution in [2.45, 2.75) is 39.2 Å². The summed E-state index contributed by atoms with van der Waals surface area (Å²) in [5.41, 5.74) is 0.701. The van der Waals surface area contributed by atoms with Crippen LogP contribution < -0.4 is 10.9 Å². The van der Waals surface area contributed by atoms with Crippen molar-refractivity contribution in [1.29, 1.82) is 0 Å². The normalized spacial score (nSPS) is 16.6. The minimum absolute atomic E-state index is 0.0706. The Kier molecular flexibility index (Phi) is 5.60. The number of aromatic nitrogens is 2. The van der Waals surface area contributed by atoms with Crippen LogP contribution in [-0.2, 0) is 0 Å². The number of nitrogens with one attached hydrogen (secondary N) is 1. The van der Waals surface area contributed by atoms with Gasteiger partial charge in [-0.1, -0.05) is 6.42 Å². The smallest absolute Gasteiger partial charge is 0.283 e. The first-order valence-electron chi connectivity index (χ1n) is 7.33. The fraction of sp³-hybridized carbons (Fsp3) is 0.714. The summed E-state index contributed by atoms with van der Waals surface area (Å²) in [5, 5.41) is 7.50. The van der Waals surface area contributed by atoms with E-state index < -0.39 is 0 Å². The molecule has 0 amide bonds. The molecule has 0 saturated carbocycles. The van der Waals surface area contributed by atoms with Gasteiger partial charge in [0.25, 0.3) is 5.56 Å². The molecule has 2 heterocycles. The van der Waals surface area contributed by atoms with Crippen LogP contribution in [0.25, 0.3) is 0 Å². The third-order valence-electron chi connectivity index (χ3n) is 3.62. The summed E-state index contributed by atoms with van der Waals surface area (Å²) < 4.78 is 2.06. The highest BCUT2D eigenvalue weighted by atomic mass is 79.9. The van der Waals surface area contributed by atoms with E-state index in [4.69, 9.17) is 0 Å². The molecule has 1 aromatic rings. The van der Waals surface area contributed by atoms with E-state index in [1.165, 1.54) is 37.0 Å². The lowest BCUT2D eigenvalue weighted by Crippen LogP contribution is -2.34. The van der Waals surface area contributed by atoms with Crippen LogP contribution in [0.2, 0.25) is 0 Å². The maximum atomic E-state index is 12.1. The van der Waals surface area contributed by atoms with Gasteiger partial charge in [-0.15, -0.1) is 0 Å². The molecule has 0 radical (unpaired) electrons. The van der Waals surface area contributed by atoms with Gasteiger partial charge in [-0.05, 0) is 55.7 Å². The zero-order valence-electron chi connectivity index (χ0n) is 12.2. The highest BCUT2D eigenvalue weighted by molar-refractivity contribution is 9.10. The number of anilines is 1. The Morgan fingerprint density at radius 3 is 2.70 bits per heavy atom. The number of nitrogens with zero attached hydrogens (tertiary/aromatic N) is 3. The largest absolute Gasteiger partial charge is 0.381 e. The van der Waals surface area contributed by atoms with Crippen LogP contribution in [0.15, 0.2) is 15.5 Å². The van der Waals surface area contributed by atoms with Gasteiger partial charge in [0.1, 0.15) is 4.47 Å². The summed E-state index contributed by atoms with van der Waals surface area (Å²) in [6.45, 7) is 8.13. The van der Waals surface area contributed by atoms with Gasteiger partial charge in [0.15, 0.2) is 0 Å². The Balaban J connectivity index is 1.93. The molecule has 0 spiro atoms. The van der Waals surface area contributed by atoms with Gasteiger partial charge in [-0.2, -0.15) is 5.10 Å². The Labute approximate surface area is 128 Å². The zero-order chi connectivity index (χ0) is 14.5. The summed E-state index contributed by atoms with van der Waals surface area (Å²) in [6, 6.07) is 0.0706. The monoisotopic (exact) mass is 342 g/mol. The first kappa shape index (κ1) is 15.5. The van der Waals surface area contributed by atoms with Gasteiger partial charge < -0.3 is 10.2 Å². The third kappa shape index (κ3) is 3.82. The summed E-state index contributed by atoms with van der Waals surface area (Å²) in [6.07, 6.45) is 5.68. The molecule has 1 aliphatic rings. The number of halogens is 1. The third-order valence-corrected chi connectivity index (χ3v) is 4.39. The molecule has 112 valence electrons. The van der Waals surface area contributed by atoms with E-state index in [2.05, 4.69) is 31.2 Å². The second-order valence-corrected chi connectivity index (χ2v) is 6.34. The number of hydrogen-bond acceptors (Lipinski definition) is 4. The summed E-state index contributed by atoms with van der Waals surface area (Å²) in [5.74, 6) is 0. The molecule has 0 atom stereocenters. The maximum Gasteiger partial charge on any atom is 0.283 e. The van der Waals surface area contributed by atoms with Gasteiger partial charge in [0.05, 0.1) is 17.9 Å². The predicted octanol–water partition coefficient (Wildman–Crippen LogP) is 2.48. The van der Waals surface area contributed by atoms with Crippen molar-refractivity contribution >= 4 is 21.6 Å². The van der Waals surface area contributed by atoms with Crippen LogP contribution in [-0.4, -0.2) is 40.9 Å². The fourth-order valence-corrected chi connectivity index (χ4v) is 2.89. The number of rotatable bonds is 5. The molecular weight excluding hydrogens is 320 g/mol. The molecule has 5 nitrogen and oxygen atoms in total. The van der Waals surface area contributed by atoms with Gasteiger partial charge in [0.2, 0.25) is 0 Å². The van der Waals surface area contributed by atoms with Gasteiger partial charge in [-0.25, -0.2) is 4.68 Å². The molecule has 1 fully saturated rings. The quantitative estimate of drug-likeness (QED) is 0.892. The minimum Gasteiger partial charge on any atom is -0.381 e. The van der Waals surface area contributed by atoms with Crippen molar-refractivity contribution in [3.63, 3.8) is 0 Å². The molecule has 0 aliphatic carbocycles. The summed E-state index contributed by atoms with van der Waals surface area (Å²) in [7, 11) is 0. The number of piperidine rings is 1. The summed E-state index contributed by atoms with van der Waals surface area (Å²) in [4.78, 5) is 14.6. The molecule has 1 saturated heterocycles. The van der Waals surface area contributed by atoms with E-state index in [0.717, 1.165) is 18.8 Å². The van der Waals surface area contributed by atoms with Crippen LogP contribution in [0.4, 0.5) is 5.69 Å². The lowest BCUT2D eigenvalue weighted by molar-refractivity contribution is 0.237. The van der Waals surface area contributed by atoms with E-state index in [0.29, 0.717) is 4.47 Å². The van der Waals surface area contributed by atoms with E-state index in [9.17, 15) is 4.79 Å². The van der Waals surface area contributed by atoms with Crippen LogP contribution in [0, 0.1) is 0 Å². The van der Waals surface area contributed by atoms with Gasteiger partial charge in [-0.3, -0.25) is 4.79 Å². The van der Waals surface area contributed by atoms with Gasteiger partial charge in [0, 0.05) is 13.1 Å². The highest BCUT2D eigenvalue weighted by Crippen LogP contribution is 2.17. The van der Waals surface area contributed by atoms with Crippen LogP contribution in [0.5, 0.6) is 0 Å². The van der Waals surface area contributed by atoms with Crippen molar-refractivity contribution in [3.8, 4) is 0 Å². The van der Waals surface area contributed by atoms with Crippen LogP contribution in [0.1, 0.15) is 39.2 Å². The Morgan fingerprint density at radius 1 is 1.35 bits per heavy atom. The van der Waals surface area contributed by atoms with E-state index >= 15 is 0 Å². The van der Waals surface area contributed by atoms with Crippen molar-refractivity contribution in [1.82, 2.24) is 14.7 Å². The van der Waals surface area contributed by atoms with Crippen molar-refractivity contribution in [3.05, 3.63) is 21.0 Å². The Hall–Kier alpha value is -0.880. The van der Waals surface area contributed by atoms with Crippen LogP contribution >= 0.6 is 15.9 Å². The molecule has 20 heavy (non-hydrogen) atoms. The van der Waals surface area contributed by atoms with E-state index in [-0.39, 0.29) is 11.6 Å². The van der Waals surface area contributed by atoms with Crippen molar-refractivity contribution in [2.24, 2.45) is 0 Å². The zero-order valence-corrected chi connectivity index (χ0v) is 13.8. The average Bonchev–Trinajstić information content (AvgIpc) is 2.44. The summed E-state index contributed by atoms with van der Waals surface area (Å²) >= 11 is 3.38. The number of hydrogen-bond donors (Lipinski definition) is 1. The molecule has 2 rings (SSSR count). The first-order chi connectivity index (χ1) is 9.59. The lowest BCUT2D eigenvalue weighted by atomic mass is 10.1. The second-order valence-electron chi connectivity index (χ2n) is 5.54.